The first kappa shape index (κ1) is 17.2. The molecule has 7 heteroatoms. The van der Waals surface area contributed by atoms with Gasteiger partial charge in [0.1, 0.15) is 5.69 Å². The second-order valence-corrected chi connectivity index (χ2v) is 7.06. The molecule has 1 aliphatic heterocycles. The van der Waals surface area contributed by atoms with E-state index in [1.807, 2.05) is 47.0 Å². The lowest BCUT2D eigenvalue weighted by Gasteiger charge is -2.09. The van der Waals surface area contributed by atoms with E-state index in [2.05, 4.69) is 20.6 Å². The van der Waals surface area contributed by atoms with E-state index in [-0.39, 0.29) is 11.8 Å². The normalized spacial score (nSPS) is 13.6. The number of aromatic amines is 1. The molecule has 0 bridgehead atoms. The Morgan fingerprint density at radius 3 is 2.93 bits per heavy atom. The summed E-state index contributed by atoms with van der Waals surface area (Å²) in [6.07, 6.45) is 4.22. The number of carbonyl (C=O) groups excluding carboxylic acids is 2. The Bertz CT molecular complexity index is 1220. The molecule has 2 aromatic heterocycles. The zero-order valence-corrected chi connectivity index (χ0v) is 15.6. The molecule has 0 spiro atoms. The Kier molecular flexibility index (Phi) is 4.13. The summed E-state index contributed by atoms with van der Waals surface area (Å²) < 4.78 is 1.99. The van der Waals surface area contributed by atoms with Crippen LogP contribution in [-0.2, 0) is 6.54 Å². The second kappa shape index (κ2) is 6.94. The van der Waals surface area contributed by atoms with Gasteiger partial charge in [0.15, 0.2) is 0 Å². The van der Waals surface area contributed by atoms with E-state index in [0.717, 1.165) is 35.1 Å². The van der Waals surface area contributed by atoms with Crippen molar-refractivity contribution in [2.45, 2.75) is 13.0 Å². The monoisotopic (exact) mass is 385 g/mol. The lowest BCUT2D eigenvalue weighted by molar-refractivity contribution is 0.0950. The first-order chi connectivity index (χ1) is 14.2. The largest absolute Gasteiger partial charge is 0.351 e. The number of H-pyrrole nitrogens is 1. The van der Waals surface area contributed by atoms with Crippen LogP contribution in [0.15, 0.2) is 61.1 Å². The Hall–Kier alpha value is -3.87. The lowest BCUT2D eigenvalue weighted by atomic mass is 10.1. The number of hydrogen-bond acceptors (Lipinski definition) is 3. The van der Waals surface area contributed by atoms with Crippen molar-refractivity contribution in [1.29, 1.82) is 0 Å². The number of imidazole rings is 1. The predicted octanol–water partition coefficient (Wildman–Crippen LogP) is 3.42. The maximum absolute atomic E-state index is 12.9. The van der Waals surface area contributed by atoms with Crippen molar-refractivity contribution < 1.29 is 9.59 Å². The molecule has 0 aliphatic carbocycles. The fraction of sp³-hybridized carbons (Fsp3) is 0.136. The molecule has 0 atom stereocenters. The van der Waals surface area contributed by atoms with Gasteiger partial charge in [-0.3, -0.25) is 9.59 Å². The van der Waals surface area contributed by atoms with Crippen LogP contribution in [0.25, 0.3) is 22.2 Å². The number of aromatic nitrogens is 3. The molecule has 2 amide bonds. The van der Waals surface area contributed by atoms with Crippen molar-refractivity contribution in [3.05, 3.63) is 72.3 Å². The van der Waals surface area contributed by atoms with Gasteiger partial charge in [-0.2, -0.15) is 0 Å². The molecule has 29 heavy (non-hydrogen) atoms. The number of anilines is 1. The maximum Gasteiger partial charge on any atom is 0.267 e. The standard InChI is InChI=1S/C22H19N5O2/c28-21(26-17-4-1-3-14(9-17)18-12-23-13-25-18)16-6-5-15-10-20-22(29)24-7-2-8-27(20)19(15)11-16/h1,3-6,9-13H,2,7-8H2,(H,23,25)(H,24,29)(H,26,28). The van der Waals surface area contributed by atoms with Crippen molar-refractivity contribution in [1.82, 2.24) is 19.9 Å². The van der Waals surface area contributed by atoms with Crippen molar-refractivity contribution >= 4 is 28.4 Å². The SMILES string of the molecule is O=C(Nc1cccc(-c2cnc[nH]2)c1)c1ccc2cc3n(c2c1)CCCNC3=O. The summed E-state index contributed by atoms with van der Waals surface area (Å²) in [6.45, 7) is 1.41. The number of carbonyl (C=O) groups is 2. The number of nitrogens with one attached hydrogen (secondary N) is 3. The Labute approximate surface area is 166 Å². The van der Waals surface area contributed by atoms with Gasteiger partial charge in [-0.15, -0.1) is 0 Å². The minimum Gasteiger partial charge on any atom is -0.351 e. The van der Waals surface area contributed by atoms with E-state index in [4.69, 9.17) is 0 Å². The zero-order valence-electron chi connectivity index (χ0n) is 15.6. The molecule has 0 fully saturated rings. The highest BCUT2D eigenvalue weighted by atomic mass is 16.2. The van der Waals surface area contributed by atoms with Crippen LogP contribution in [0, 0.1) is 0 Å². The average Bonchev–Trinajstić information content (AvgIpc) is 3.35. The van der Waals surface area contributed by atoms with E-state index < -0.39 is 0 Å². The topological polar surface area (TPSA) is 91.8 Å². The zero-order chi connectivity index (χ0) is 19.8. The van der Waals surface area contributed by atoms with Gasteiger partial charge < -0.3 is 20.2 Å². The second-order valence-electron chi connectivity index (χ2n) is 7.06. The van der Waals surface area contributed by atoms with Gasteiger partial charge in [-0.05, 0) is 36.8 Å². The van der Waals surface area contributed by atoms with Crippen LogP contribution in [0.3, 0.4) is 0 Å². The third-order valence-corrected chi connectivity index (χ3v) is 5.17. The van der Waals surface area contributed by atoms with Crippen LogP contribution in [0.1, 0.15) is 27.3 Å². The van der Waals surface area contributed by atoms with Crippen LogP contribution in [0.2, 0.25) is 0 Å². The number of fused-ring (bicyclic) bond motifs is 3. The van der Waals surface area contributed by atoms with E-state index in [1.54, 1.807) is 18.6 Å². The highest BCUT2D eigenvalue weighted by molar-refractivity contribution is 6.07. The minimum absolute atomic E-state index is 0.0691. The first-order valence-electron chi connectivity index (χ1n) is 9.51. The summed E-state index contributed by atoms with van der Waals surface area (Å²) in [4.78, 5) is 32.2. The summed E-state index contributed by atoms with van der Waals surface area (Å²) in [6, 6.07) is 15.0. The van der Waals surface area contributed by atoms with E-state index in [9.17, 15) is 9.59 Å². The third-order valence-electron chi connectivity index (χ3n) is 5.17. The number of benzene rings is 2. The summed E-state index contributed by atoms with van der Waals surface area (Å²) >= 11 is 0. The number of hydrogen-bond donors (Lipinski definition) is 3. The van der Waals surface area contributed by atoms with Gasteiger partial charge in [-0.1, -0.05) is 18.2 Å². The van der Waals surface area contributed by atoms with E-state index in [0.29, 0.717) is 23.5 Å². The number of aryl methyl sites for hydroxylation is 1. The van der Waals surface area contributed by atoms with Crippen molar-refractivity contribution in [3.63, 3.8) is 0 Å². The molecule has 0 saturated carbocycles. The van der Waals surface area contributed by atoms with Crippen LogP contribution >= 0.6 is 0 Å². The molecule has 0 saturated heterocycles. The molecule has 2 aromatic carbocycles. The minimum atomic E-state index is -0.192. The molecule has 3 heterocycles. The Balaban J connectivity index is 1.45. The molecular formula is C22H19N5O2. The fourth-order valence-electron chi connectivity index (χ4n) is 3.74. The number of amides is 2. The van der Waals surface area contributed by atoms with Crippen molar-refractivity contribution in [2.75, 3.05) is 11.9 Å². The highest BCUT2D eigenvalue weighted by Crippen LogP contribution is 2.25. The molecule has 0 unspecified atom stereocenters. The highest BCUT2D eigenvalue weighted by Gasteiger charge is 2.19. The third kappa shape index (κ3) is 3.16. The van der Waals surface area contributed by atoms with Gasteiger partial charge in [0.25, 0.3) is 11.8 Å². The van der Waals surface area contributed by atoms with Gasteiger partial charge in [0.05, 0.1) is 18.2 Å². The first-order valence-corrected chi connectivity index (χ1v) is 9.51. The molecule has 7 nitrogen and oxygen atoms in total. The van der Waals surface area contributed by atoms with Gasteiger partial charge in [-0.25, -0.2) is 4.98 Å². The number of nitrogens with zero attached hydrogens (tertiary/aromatic N) is 2. The fourth-order valence-corrected chi connectivity index (χ4v) is 3.74. The summed E-state index contributed by atoms with van der Waals surface area (Å²) in [5.41, 5.74) is 4.62. The molecule has 144 valence electrons. The van der Waals surface area contributed by atoms with Crippen molar-refractivity contribution in [3.8, 4) is 11.3 Å². The average molecular weight is 385 g/mol. The maximum atomic E-state index is 12.9. The quantitative estimate of drug-likeness (QED) is 0.505. The van der Waals surface area contributed by atoms with Crippen molar-refractivity contribution in [2.24, 2.45) is 0 Å². The van der Waals surface area contributed by atoms with Crippen LogP contribution in [0.5, 0.6) is 0 Å². The molecule has 0 radical (unpaired) electrons. The molecule has 4 aromatic rings. The smallest absolute Gasteiger partial charge is 0.267 e. The number of rotatable bonds is 3. The molecular weight excluding hydrogens is 366 g/mol. The van der Waals surface area contributed by atoms with Gasteiger partial charge in [0.2, 0.25) is 0 Å². The molecule has 1 aliphatic rings. The molecule has 3 N–H and O–H groups in total. The Morgan fingerprint density at radius 1 is 1.14 bits per heavy atom. The van der Waals surface area contributed by atoms with Crippen LogP contribution in [-0.4, -0.2) is 32.9 Å². The summed E-state index contributed by atoms with van der Waals surface area (Å²) in [7, 11) is 0. The van der Waals surface area contributed by atoms with Crippen LogP contribution in [0.4, 0.5) is 5.69 Å². The lowest BCUT2D eigenvalue weighted by Crippen LogP contribution is -2.22. The van der Waals surface area contributed by atoms with E-state index in [1.165, 1.54) is 0 Å². The molecule has 5 rings (SSSR count). The van der Waals surface area contributed by atoms with Gasteiger partial charge >= 0.3 is 0 Å². The Morgan fingerprint density at radius 2 is 2.07 bits per heavy atom. The predicted molar refractivity (Wildman–Crippen MR) is 111 cm³/mol. The van der Waals surface area contributed by atoms with Crippen LogP contribution < -0.4 is 10.6 Å². The van der Waals surface area contributed by atoms with E-state index >= 15 is 0 Å². The summed E-state index contributed by atoms with van der Waals surface area (Å²) in [5, 5.41) is 6.81. The summed E-state index contributed by atoms with van der Waals surface area (Å²) in [5.74, 6) is -0.261. The van der Waals surface area contributed by atoms with Gasteiger partial charge in [0, 0.05) is 40.8 Å².